The lowest BCUT2D eigenvalue weighted by Crippen LogP contribution is -2.34. The lowest BCUT2D eigenvalue weighted by Gasteiger charge is -2.19. The van der Waals surface area contributed by atoms with Gasteiger partial charge in [0.1, 0.15) is 0 Å². The lowest BCUT2D eigenvalue weighted by molar-refractivity contribution is -0.131. The third kappa shape index (κ3) is 5.08. The number of halogens is 1. The van der Waals surface area contributed by atoms with Crippen molar-refractivity contribution in [1.82, 2.24) is 10.2 Å². The Labute approximate surface area is 132 Å². The molecule has 2 rings (SSSR count). The first-order valence-electron chi connectivity index (χ1n) is 7.21. The van der Waals surface area contributed by atoms with Crippen molar-refractivity contribution in [3.63, 3.8) is 0 Å². The first-order chi connectivity index (χ1) is 9.16. The number of carbonyl (C=O) groups excluding carboxylic acids is 1. The number of hydrogen-bond acceptors (Lipinski definition) is 3. The Bertz CT molecular complexity index is 426. The van der Waals surface area contributed by atoms with Gasteiger partial charge in [-0.1, -0.05) is 0 Å². The van der Waals surface area contributed by atoms with Gasteiger partial charge >= 0.3 is 0 Å². The number of amides is 1. The van der Waals surface area contributed by atoms with Crippen molar-refractivity contribution in [2.45, 2.75) is 39.5 Å². The molecule has 114 valence electrons. The summed E-state index contributed by atoms with van der Waals surface area (Å²) in [6.07, 6.45) is 3.77. The molecule has 0 atom stereocenters. The van der Waals surface area contributed by atoms with Crippen LogP contribution in [0.5, 0.6) is 0 Å². The smallest absolute Gasteiger partial charge is 0.222 e. The highest BCUT2D eigenvalue weighted by Gasteiger charge is 2.14. The normalized spacial score (nSPS) is 15.6. The molecule has 1 aliphatic heterocycles. The summed E-state index contributed by atoms with van der Waals surface area (Å²) in [5.41, 5.74) is 1.42. The van der Waals surface area contributed by atoms with Crippen molar-refractivity contribution in [1.29, 1.82) is 0 Å². The van der Waals surface area contributed by atoms with Crippen LogP contribution in [-0.2, 0) is 11.2 Å². The predicted molar refractivity (Wildman–Crippen MR) is 88.0 cm³/mol. The summed E-state index contributed by atoms with van der Waals surface area (Å²) in [5, 5.41) is 3.33. The first kappa shape index (κ1) is 17.5. The molecular formula is C15H25ClN2OS. The van der Waals surface area contributed by atoms with Crippen molar-refractivity contribution in [2.24, 2.45) is 0 Å². The van der Waals surface area contributed by atoms with Crippen LogP contribution in [0.1, 0.15) is 34.6 Å². The van der Waals surface area contributed by atoms with Gasteiger partial charge in [0.15, 0.2) is 0 Å². The molecule has 1 aromatic heterocycles. The molecule has 1 fully saturated rings. The highest BCUT2D eigenvalue weighted by Crippen LogP contribution is 2.22. The third-order valence-electron chi connectivity index (χ3n) is 3.67. The SMILES string of the molecule is Cc1cc(CCCC(=O)N2CCCNCC2)c(C)s1.Cl. The van der Waals surface area contributed by atoms with Crippen molar-refractivity contribution < 1.29 is 4.79 Å². The molecule has 1 saturated heterocycles. The molecule has 3 nitrogen and oxygen atoms in total. The molecular weight excluding hydrogens is 292 g/mol. The lowest BCUT2D eigenvalue weighted by atomic mass is 10.1. The molecule has 20 heavy (non-hydrogen) atoms. The summed E-state index contributed by atoms with van der Waals surface area (Å²) >= 11 is 1.86. The van der Waals surface area contributed by atoms with Gasteiger partial charge in [-0.05, 0) is 51.3 Å². The van der Waals surface area contributed by atoms with Crippen molar-refractivity contribution in [2.75, 3.05) is 26.2 Å². The molecule has 1 aromatic rings. The maximum Gasteiger partial charge on any atom is 0.222 e. The number of rotatable bonds is 4. The topological polar surface area (TPSA) is 32.3 Å². The van der Waals surface area contributed by atoms with E-state index in [1.807, 2.05) is 16.2 Å². The molecule has 0 aromatic carbocycles. The van der Waals surface area contributed by atoms with Crippen LogP contribution in [0.25, 0.3) is 0 Å². The molecule has 1 aliphatic rings. The molecule has 0 saturated carbocycles. The molecule has 0 radical (unpaired) electrons. The van der Waals surface area contributed by atoms with Gasteiger partial charge in [-0.3, -0.25) is 4.79 Å². The maximum absolute atomic E-state index is 12.1. The largest absolute Gasteiger partial charge is 0.341 e. The molecule has 0 spiro atoms. The van der Waals surface area contributed by atoms with E-state index in [1.54, 1.807) is 0 Å². The Balaban J connectivity index is 0.00000200. The summed E-state index contributed by atoms with van der Waals surface area (Å²) < 4.78 is 0. The van der Waals surface area contributed by atoms with E-state index in [0.29, 0.717) is 12.3 Å². The Morgan fingerprint density at radius 2 is 2.15 bits per heavy atom. The van der Waals surface area contributed by atoms with Crippen LogP contribution in [-0.4, -0.2) is 37.0 Å². The van der Waals surface area contributed by atoms with E-state index in [1.165, 1.54) is 15.3 Å². The van der Waals surface area contributed by atoms with Gasteiger partial charge in [-0.2, -0.15) is 0 Å². The minimum absolute atomic E-state index is 0. The third-order valence-corrected chi connectivity index (χ3v) is 4.68. The van der Waals surface area contributed by atoms with E-state index >= 15 is 0 Å². The quantitative estimate of drug-likeness (QED) is 0.926. The van der Waals surface area contributed by atoms with E-state index < -0.39 is 0 Å². The van der Waals surface area contributed by atoms with Crippen molar-refractivity contribution in [3.05, 3.63) is 21.4 Å². The highest BCUT2D eigenvalue weighted by molar-refractivity contribution is 7.12. The summed E-state index contributed by atoms with van der Waals surface area (Å²) in [6.45, 7) is 8.09. The summed E-state index contributed by atoms with van der Waals surface area (Å²) in [7, 11) is 0. The Morgan fingerprint density at radius 3 is 2.85 bits per heavy atom. The number of nitrogens with zero attached hydrogens (tertiary/aromatic N) is 1. The van der Waals surface area contributed by atoms with Crippen LogP contribution < -0.4 is 5.32 Å². The monoisotopic (exact) mass is 316 g/mol. The van der Waals surface area contributed by atoms with Crippen LogP contribution in [0.4, 0.5) is 0 Å². The van der Waals surface area contributed by atoms with Gasteiger partial charge in [-0.25, -0.2) is 0 Å². The fourth-order valence-corrected chi connectivity index (χ4v) is 3.59. The number of nitrogens with one attached hydrogen (secondary N) is 1. The first-order valence-corrected chi connectivity index (χ1v) is 8.03. The molecule has 1 N–H and O–H groups in total. The summed E-state index contributed by atoms with van der Waals surface area (Å²) in [4.78, 5) is 16.9. The van der Waals surface area contributed by atoms with Crippen molar-refractivity contribution >= 4 is 29.7 Å². The van der Waals surface area contributed by atoms with Gasteiger partial charge in [-0.15, -0.1) is 23.7 Å². The average molecular weight is 317 g/mol. The predicted octanol–water partition coefficient (Wildman–Crippen LogP) is 2.93. The molecule has 5 heteroatoms. The second-order valence-electron chi connectivity index (χ2n) is 5.28. The van der Waals surface area contributed by atoms with E-state index in [-0.39, 0.29) is 12.4 Å². The Kier molecular flexibility index (Phi) is 7.56. The zero-order valence-corrected chi connectivity index (χ0v) is 14.0. The van der Waals surface area contributed by atoms with Gasteiger partial charge < -0.3 is 10.2 Å². The summed E-state index contributed by atoms with van der Waals surface area (Å²) in [5.74, 6) is 0.327. The van der Waals surface area contributed by atoms with E-state index in [4.69, 9.17) is 0 Å². The zero-order valence-electron chi connectivity index (χ0n) is 12.4. The number of hydrogen-bond donors (Lipinski definition) is 1. The second kappa shape index (κ2) is 8.65. The van der Waals surface area contributed by atoms with E-state index in [2.05, 4.69) is 25.2 Å². The van der Waals surface area contributed by atoms with E-state index in [0.717, 1.165) is 45.4 Å². The number of carbonyl (C=O) groups is 1. The van der Waals surface area contributed by atoms with Gasteiger partial charge in [0, 0.05) is 35.8 Å². The fourth-order valence-electron chi connectivity index (χ4n) is 2.61. The minimum atomic E-state index is 0. The fraction of sp³-hybridized carbons (Fsp3) is 0.667. The molecule has 0 unspecified atom stereocenters. The molecule has 2 heterocycles. The number of aryl methyl sites for hydroxylation is 3. The van der Waals surface area contributed by atoms with Crippen LogP contribution in [0.3, 0.4) is 0 Å². The summed E-state index contributed by atoms with van der Waals surface area (Å²) in [6, 6.07) is 2.26. The highest BCUT2D eigenvalue weighted by atomic mass is 35.5. The van der Waals surface area contributed by atoms with Crippen LogP contribution >= 0.6 is 23.7 Å². The average Bonchev–Trinajstić information content (AvgIpc) is 2.60. The second-order valence-corrected chi connectivity index (χ2v) is 6.74. The number of thiophene rings is 1. The van der Waals surface area contributed by atoms with Crippen molar-refractivity contribution in [3.8, 4) is 0 Å². The maximum atomic E-state index is 12.1. The van der Waals surface area contributed by atoms with E-state index in [9.17, 15) is 4.79 Å². The van der Waals surface area contributed by atoms with Crippen LogP contribution in [0.15, 0.2) is 6.07 Å². The van der Waals surface area contributed by atoms with Gasteiger partial charge in [0.25, 0.3) is 0 Å². The van der Waals surface area contributed by atoms with Gasteiger partial charge in [0.05, 0.1) is 0 Å². The molecule has 1 amide bonds. The Hall–Kier alpha value is -0.580. The standard InChI is InChI=1S/C15H24N2OS.ClH/c1-12-11-14(13(2)19-12)5-3-6-15(18)17-9-4-7-16-8-10-17;/h11,16H,3-10H2,1-2H3;1H. The zero-order chi connectivity index (χ0) is 13.7. The van der Waals surface area contributed by atoms with Gasteiger partial charge in [0.2, 0.25) is 5.91 Å². The molecule has 0 aliphatic carbocycles. The Morgan fingerprint density at radius 1 is 1.35 bits per heavy atom. The minimum Gasteiger partial charge on any atom is -0.341 e. The van der Waals surface area contributed by atoms with Crippen LogP contribution in [0, 0.1) is 13.8 Å². The van der Waals surface area contributed by atoms with Crippen LogP contribution in [0.2, 0.25) is 0 Å². The molecule has 0 bridgehead atoms.